The average Bonchev–Trinajstić information content (AvgIpc) is 3.49. The highest BCUT2D eigenvalue weighted by Crippen LogP contribution is 2.29. The molecule has 1 saturated heterocycles. The molecule has 1 aliphatic rings. The number of aromatic nitrogens is 6. The van der Waals surface area contributed by atoms with Crippen LogP contribution in [-0.2, 0) is 20.6 Å². The first-order valence-electron chi connectivity index (χ1n) is 11.2. The molecular formula is C22H24Cl2N8O3. The van der Waals surface area contributed by atoms with Crippen LogP contribution in [0.15, 0.2) is 32.2 Å². The predicted octanol–water partition coefficient (Wildman–Crippen LogP) is 2.01. The summed E-state index contributed by atoms with van der Waals surface area (Å²) in [5, 5.41) is 9.10. The Morgan fingerprint density at radius 3 is 2.51 bits per heavy atom. The summed E-state index contributed by atoms with van der Waals surface area (Å²) in [6.07, 6.45) is 1.83. The second-order valence-corrected chi connectivity index (χ2v) is 9.49. The van der Waals surface area contributed by atoms with E-state index >= 15 is 0 Å². The standard InChI is InChI=1S/C22H24Cl2N8O3/c1-29-18-17(20(33)30(2)22(29)34)32(21(26-18)31-7-5-12(10-25)6-8-31)11-16-27-28-19(35-16)13-3-4-14(23)15(24)9-13/h3-4,9,12H,5-8,10-11,25H2,1-2H3. The van der Waals surface area contributed by atoms with E-state index < -0.39 is 11.2 Å². The lowest BCUT2D eigenvalue weighted by Gasteiger charge is -2.32. The van der Waals surface area contributed by atoms with Crippen molar-refractivity contribution in [2.75, 3.05) is 24.5 Å². The van der Waals surface area contributed by atoms with E-state index in [2.05, 4.69) is 15.1 Å². The largest absolute Gasteiger partial charge is 0.419 e. The molecule has 0 spiro atoms. The van der Waals surface area contributed by atoms with Crippen LogP contribution in [-0.4, -0.2) is 48.5 Å². The van der Waals surface area contributed by atoms with Crippen molar-refractivity contribution in [1.82, 2.24) is 28.9 Å². The number of imidazole rings is 1. The summed E-state index contributed by atoms with van der Waals surface area (Å²) in [4.78, 5) is 32.5. The summed E-state index contributed by atoms with van der Waals surface area (Å²) in [5.41, 5.74) is 6.19. The average molecular weight is 519 g/mol. The lowest BCUT2D eigenvalue weighted by Crippen LogP contribution is -2.38. The van der Waals surface area contributed by atoms with E-state index in [4.69, 9.17) is 38.3 Å². The summed E-state index contributed by atoms with van der Waals surface area (Å²) < 4.78 is 10.1. The molecule has 0 atom stereocenters. The highest BCUT2D eigenvalue weighted by molar-refractivity contribution is 6.42. The van der Waals surface area contributed by atoms with Gasteiger partial charge in [-0.25, -0.2) is 4.79 Å². The zero-order valence-corrected chi connectivity index (χ0v) is 20.8. The van der Waals surface area contributed by atoms with Crippen LogP contribution in [0, 0.1) is 5.92 Å². The Balaban J connectivity index is 1.59. The molecule has 1 fully saturated rings. The first-order chi connectivity index (χ1) is 16.8. The van der Waals surface area contributed by atoms with Gasteiger partial charge in [-0.05, 0) is 43.5 Å². The third kappa shape index (κ3) is 4.13. The van der Waals surface area contributed by atoms with Crippen LogP contribution in [0.2, 0.25) is 10.0 Å². The van der Waals surface area contributed by atoms with Gasteiger partial charge in [0.15, 0.2) is 11.2 Å². The van der Waals surface area contributed by atoms with Gasteiger partial charge in [-0.2, -0.15) is 4.98 Å². The molecule has 1 aliphatic heterocycles. The number of piperidine rings is 1. The summed E-state index contributed by atoms with van der Waals surface area (Å²) in [7, 11) is 3.05. The number of hydrogen-bond acceptors (Lipinski definition) is 8. The maximum atomic E-state index is 13.2. The van der Waals surface area contributed by atoms with Crippen molar-refractivity contribution < 1.29 is 4.42 Å². The Kier molecular flexibility index (Phi) is 6.16. The smallest absolute Gasteiger partial charge is 0.332 e. The summed E-state index contributed by atoms with van der Waals surface area (Å²) >= 11 is 12.1. The van der Waals surface area contributed by atoms with Gasteiger partial charge in [0.25, 0.3) is 5.56 Å². The molecule has 5 rings (SSSR count). The molecule has 0 saturated carbocycles. The fourth-order valence-electron chi connectivity index (χ4n) is 4.39. The van der Waals surface area contributed by atoms with Gasteiger partial charge in [0.1, 0.15) is 6.54 Å². The second-order valence-electron chi connectivity index (χ2n) is 8.67. The minimum atomic E-state index is -0.444. The molecular weight excluding hydrogens is 495 g/mol. The number of rotatable bonds is 5. The van der Waals surface area contributed by atoms with Crippen LogP contribution in [0.5, 0.6) is 0 Å². The Hall–Kier alpha value is -3.15. The summed E-state index contributed by atoms with van der Waals surface area (Å²) in [5.74, 6) is 1.57. The van der Waals surface area contributed by atoms with Gasteiger partial charge in [0, 0.05) is 32.7 Å². The molecule has 0 radical (unpaired) electrons. The minimum Gasteiger partial charge on any atom is -0.419 e. The normalized spacial score (nSPS) is 14.8. The molecule has 0 bridgehead atoms. The fraction of sp³-hybridized carbons (Fsp3) is 0.409. The van der Waals surface area contributed by atoms with Crippen molar-refractivity contribution >= 4 is 40.3 Å². The number of aryl methyl sites for hydroxylation is 1. The number of nitrogens with zero attached hydrogens (tertiary/aromatic N) is 7. The minimum absolute atomic E-state index is 0.102. The van der Waals surface area contributed by atoms with E-state index in [9.17, 15) is 9.59 Å². The van der Waals surface area contributed by atoms with Crippen molar-refractivity contribution in [2.45, 2.75) is 19.4 Å². The zero-order chi connectivity index (χ0) is 24.9. The van der Waals surface area contributed by atoms with Crippen molar-refractivity contribution in [1.29, 1.82) is 0 Å². The van der Waals surface area contributed by atoms with Crippen LogP contribution in [0.1, 0.15) is 18.7 Å². The van der Waals surface area contributed by atoms with Crippen molar-refractivity contribution in [3.63, 3.8) is 0 Å². The maximum absolute atomic E-state index is 13.2. The van der Waals surface area contributed by atoms with Gasteiger partial charge >= 0.3 is 5.69 Å². The Labute approximate surface area is 209 Å². The van der Waals surface area contributed by atoms with E-state index in [-0.39, 0.29) is 18.3 Å². The van der Waals surface area contributed by atoms with Crippen molar-refractivity contribution in [3.8, 4) is 11.5 Å². The molecule has 13 heteroatoms. The van der Waals surface area contributed by atoms with Crippen LogP contribution in [0.4, 0.5) is 5.95 Å². The van der Waals surface area contributed by atoms with E-state index in [1.54, 1.807) is 29.8 Å². The maximum Gasteiger partial charge on any atom is 0.332 e. The number of hydrogen-bond donors (Lipinski definition) is 1. The molecule has 11 nitrogen and oxygen atoms in total. The van der Waals surface area contributed by atoms with E-state index in [0.717, 1.165) is 30.5 Å². The zero-order valence-electron chi connectivity index (χ0n) is 19.2. The van der Waals surface area contributed by atoms with Crippen LogP contribution in [0.25, 0.3) is 22.6 Å². The topological polar surface area (TPSA) is 130 Å². The molecule has 184 valence electrons. The first kappa shape index (κ1) is 23.6. The highest BCUT2D eigenvalue weighted by atomic mass is 35.5. The fourth-order valence-corrected chi connectivity index (χ4v) is 4.69. The number of halogens is 2. The van der Waals surface area contributed by atoms with Crippen LogP contribution >= 0.6 is 23.2 Å². The quantitative estimate of drug-likeness (QED) is 0.424. The summed E-state index contributed by atoms with van der Waals surface area (Å²) in [6, 6.07) is 5.03. The van der Waals surface area contributed by atoms with Crippen molar-refractivity contribution in [2.24, 2.45) is 25.7 Å². The van der Waals surface area contributed by atoms with Gasteiger partial charge < -0.3 is 15.1 Å². The van der Waals surface area contributed by atoms with Crippen LogP contribution in [0.3, 0.4) is 0 Å². The van der Waals surface area contributed by atoms with E-state index in [1.807, 2.05) is 0 Å². The number of anilines is 1. The Bertz CT molecular complexity index is 1530. The molecule has 2 N–H and O–H groups in total. The Morgan fingerprint density at radius 2 is 1.83 bits per heavy atom. The summed E-state index contributed by atoms with van der Waals surface area (Å²) in [6.45, 7) is 2.21. The third-order valence-electron chi connectivity index (χ3n) is 6.49. The molecule has 0 amide bonds. The van der Waals surface area contributed by atoms with Gasteiger partial charge in [-0.3, -0.25) is 18.5 Å². The first-order valence-corrected chi connectivity index (χ1v) is 11.9. The van der Waals surface area contributed by atoms with Gasteiger partial charge in [0.2, 0.25) is 17.7 Å². The molecule has 1 aromatic carbocycles. The SMILES string of the molecule is Cn1c(=O)c2c(nc(N3CCC(CN)CC3)n2Cc2nnc(-c3ccc(Cl)c(Cl)c3)o2)n(C)c1=O. The van der Waals surface area contributed by atoms with Crippen molar-refractivity contribution in [3.05, 3.63) is 55.0 Å². The van der Waals surface area contributed by atoms with Gasteiger partial charge in [0.05, 0.1) is 10.0 Å². The third-order valence-corrected chi connectivity index (χ3v) is 7.22. The molecule has 4 heterocycles. The van der Waals surface area contributed by atoms with Gasteiger partial charge in [-0.1, -0.05) is 23.2 Å². The molecule has 0 unspecified atom stereocenters. The molecule has 4 aromatic rings. The molecule has 0 aliphatic carbocycles. The molecule has 3 aromatic heterocycles. The number of fused-ring (bicyclic) bond motifs is 1. The van der Waals surface area contributed by atoms with E-state index in [1.165, 1.54) is 11.6 Å². The van der Waals surface area contributed by atoms with Gasteiger partial charge in [-0.15, -0.1) is 10.2 Å². The monoisotopic (exact) mass is 518 g/mol. The van der Waals surface area contributed by atoms with Crippen LogP contribution < -0.4 is 21.9 Å². The number of benzene rings is 1. The highest BCUT2D eigenvalue weighted by Gasteiger charge is 2.27. The predicted molar refractivity (Wildman–Crippen MR) is 133 cm³/mol. The second kappa shape index (κ2) is 9.14. The molecule has 35 heavy (non-hydrogen) atoms. The number of nitrogens with two attached hydrogens (primary N) is 1. The lowest BCUT2D eigenvalue weighted by molar-refractivity contribution is 0.407. The Morgan fingerprint density at radius 1 is 1.09 bits per heavy atom. The van der Waals surface area contributed by atoms with E-state index in [0.29, 0.717) is 45.2 Å². The lowest BCUT2D eigenvalue weighted by atomic mass is 9.97.